The van der Waals surface area contributed by atoms with Crippen molar-refractivity contribution in [3.8, 4) is 0 Å². The molecule has 0 aromatic carbocycles. The van der Waals surface area contributed by atoms with Crippen LogP contribution in [0.15, 0.2) is 20.9 Å². The first kappa shape index (κ1) is 43.3. The maximum absolute atomic E-state index is 12.0. The molecule has 2 heterocycles. The Morgan fingerprint density at radius 3 is 1.91 bits per heavy atom. The van der Waals surface area contributed by atoms with Crippen LogP contribution in [0, 0.1) is 6.92 Å². The number of aromatic amines is 1. The molecule has 45 heavy (non-hydrogen) atoms. The number of phosphoric ester groups is 1. The zero-order valence-electron chi connectivity index (χ0n) is 26.5. The van der Waals surface area contributed by atoms with Gasteiger partial charge in [-0.15, -0.1) is 0 Å². The zero-order valence-corrected chi connectivity index (χ0v) is 29.2. The van der Waals surface area contributed by atoms with Gasteiger partial charge in [0.2, 0.25) is 0 Å². The van der Waals surface area contributed by atoms with E-state index < -0.39 is 59.7 Å². The van der Waals surface area contributed by atoms with Crippen LogP contribution in [0.4, 0.5) is 0 Å². The molecule has 0 amide bonds. The average Bonchev–Trinajstić information content (AvgIpc) is 3.33. The third kappa shape index (κ3) is 17.1. The van der Waals surface area contributed by atoms with Crippen LogP contribution in [0.5, 0.6) is 0 Å². The van der Waals surface area contributed by atoms with Gasteiger partial charge in [0.15, 0.2) is 0 Å². The number of hydrogen-bond donors (Lipinski definition) is 5. The van der Waals surface area contributed by atoms with Gasteiger partial charge in [-0.2, -0.15) is 0 Å². The van der Waals surface area contributed by atoms with Gasteiger partial charge in [-0.05, 0) is 54.0 Å². The van der Waals surface area contributed by atoms with Crippen molar-refractivity contribution < 1.29 is 61.0 Å². The highest BCUT2D eigenvalue weighted by atomic mass is 31.3. The standard InChI is InChI=1S/C10H16N5O13P3.2C6H15N/c1-5-3-15(10(17)12-9(5)16)8-2-6(13-14-11)7(26-8)4-25-30(21,22)28-31(23,24)27-29(18,19)20;2*1-4-7(5-2)6-3/h3,6-8H,2,4H2,1H3,(H,21,22)(H,23,24)(H,12,16,17)(H2,18,19,20);2*4-6H2,1-3H3/t6-,7-,8-;;/m1../s1. The van der Waals surface area contributed by atoms with Crippen LogP contribution in [0.25, 0.3) is 10.4 Å². The summed E-state index contributed by atoms with van der Waals surface area (Å²) in [6.07, 6.45) is -1.35. The molecule has 2 rings (SSSR count). The topological polar surface area (TPSA) is 287 Å². The molecule has 6 atom stereocenters. The summed E-state index contributed by atoms with van der Waals surface area (Å²) in [7, 11) is -17.4. The van der Waals surface area contributed by atoms with E-state index in [-0.39, 0.29) is 12.0 Å². The molecule has 1 aromatic rings. The summed E-state index contributed by atoms with van der Waals surface area (Å²) in [6, 6.07) is -1.07. The van der Waals surface area contributed by atoms with Gasteiger partial charge < -0.3 is 34.1 Å². The molecule has 23 heteroatoms. The number of H-pyrrole nitrogens is 1. The first-order valence-corrected chi connectivity index (χ1v) is 18.7. The summed E-state index contributed by atoms with van der Waals surface area (Å²) in [5.74, 6) is 0. The highest BCUT2D eigenvalue weighted by molar-refractivity contribution is 7.65. The lowest BCUT2D eigenvalue weighted by Crippen LogP contribution is -3.11. The van der Waals surface area contributed by atoms with Crippen LogP contribution in [0.3, 0.4) is 0 Å². The summed E-state index contributed by atoms with van der Waals surface area (Å²) in [4.78, 5) is 70.9. The Kier molecular flexibility index (Phi) is 19.7. The van der Waals surface area contributed by atoms with E-state index in [4.69, 9.17) is 15.2 Å². The Hall–Kier alpha value is -1.72. The third-order valence-electron chi connectivity index (χ3n) is 6.67. The Bertz CT molecular complexity index is 1320. The van der Waals surface area contributed by atoms with E-state index >= 15 is 0 Å². The van der Waals surface area contributed by atoms with Crippen molar-refractivity contribution in [2.75, 3.05) is 45.9 Å². The van der Waals surface area contributed by atoms with Gasteiger partial charge in [-0.3, -0.25) is 28.0 Å². The number of rotatable bonds is 15. The predicted octanol–water partition coefficient (Wildman–Crippen LogP) is -1.25. The molecular weight excluding hydrogens is 663 g/mol. The summed E-state index contributed by atoms with van der Waals surface area (Å²) >= 11 is 0. The Morgan fingerprint density at radius 1 is 1.02 bits per heavy atom. The van der Waals surface area contributed by atoms with Crippen molar-refractivity contribution in [1.29, 1.82) is 0 Å². The summed E-state index contributed by atoms with van der Waals surface area (Å²) in [5.41, 5.74) is 7.33. The zero-order chi connectivity index (χ0) is 35.0. The highest BCUT2D eigenvalue weighted by Gasteiger charge is 2.39. The molecule has 262 valence electrons. The molecule has 1 fully saturated rings. The van der Waals surface area contributed by atoms with Gasteiger partial charge in [0.05, 0.1) is 58.0 Å². The van der Waals surface area contributed by atoms with Gasteiger partial charge in [-0.25, -0.2) is 18.0 Å². The third-order valence-corrected chi connectivity index (χ3v) is 10.4. The summed E-state index contributed by atoms with van der Waals surface area (Å²) in [6.45, 7) is 21.5. The number of quaternary nitrogens is 2. The number of ether oxygens (including phenoxy) is 1. The van der Waals surface area contributed by atoms with Crippen molar-refractivity contribution >= 4 is 23.5 Å². The van der Waals surface area contributed by atoms with Crippen LogP contribution in [0.2, 0.25) is 0 Å². The average molecular weight is 710 g/mol. The Balaban J connectivity index is 0.00000114. The molecule has 20 nitrogen and oxygen atoms in total. The second kappa shape index (κ2) is 20.5. The number of azide groups is 1. The highest BCUT2D eigenvalue weighted by Crippen LogP contribution is 2.63. The lowest BCUT2D eigenvalue weighted by Gasteiger charge is -2.28. The van der Waals surface area contributed by atoms with Gasteiger partial charge in [-0.1, -0.05) is 5.11 Å². The second-order valence-electron chi connectivity index (χ2n) is 9.58. The van der Waals surface area contributed by atoms with Gasteiger partial charge in [0.25, 0.3) is 21.2 Å². The normalized spacial score (nSPS) is 21.8. The largest absolute Gasteiger partial charge is 0.756 e. The minimum Gasteiger partial charge on any atom is -0.756 e. The van der Waals surface area contributed by atoms with E-state index in [2.05, 4.69) is 64.7 Å². The first-order valence-electron chi connectivity index (χ1n) is 14.3. The van der Waals surface area contributed by atoms with Crippen LogP contribution < -0.4 is 30.8 Å². The molecule has 3 unspecified atom stereocenters. The van der Waals surface area contributed by atoms with Crippen LogP contribution in [0.1, 0.15) is 59.8 Å². The Labute approximate surface area is 261 Å². The molecular formula is C22H46N7O13P3. The minimum absolute atomic E-state index is 0.132. The molecule has 0 bridgehead atoms. The molecule has 1 aliphatic rings. The number of aryl methyl sites for hydroxylation is 1. The molecule has 1 aliphatic heterocycles. The van der Waals surface area contributed by atoms with E-state index in [0.717, 1.165) is 4.57 Å². The molecule has 1 aromatic heterocycles. The summed E-state index contributed by atoms with van der Waals surface area (Å²) in [5, 5.41) is 3.40. The number of nitrogens with zero attached hydrogens (tertiary/aromatic N) is 4. The SMILES string of the molecule is CC[NH+](CC)CC.CC[NH+](CC)CC.Cc1cn([C@H]2C[C@@H](N=[N+]=[N-])[C@@H](COP(=O)(O)OP(=O)([O-])OP(=O)([O-])O)O2)c(=O)[nH]c1=O. The fraction of sp³-hybridized carbons (Fsp3) is 0.818. The van der Waals surface area contributed by atoms with Crippen molar-refractivity contribution in [3.63, 3.8) is 0 Å². The number of nitrogens with one attached hydrogen (secondary N) is 3. The summed E-state index contributed by atoms with van der Waals surface area (Å²) < 4.78 is 51.0. The van der Waals surface area contributed by atoms with E-state index in [0.29, 0.717) is 0 Å². The quantitative estimate of drug-likeness (QED) is 0.0617. The van der Waals surface area contributed by atoms with Crippen molar-refractivity contribution in [2.24, 2.45) is 5.11 Å². The molecule has 0 radical (unpaired) electrons. The molecule has 1 saturated heterocycles. The van der Waals surface area contributed by atoms with E-state index in [1.807, 2.05) is 4.98 Å². The van der Waals surface area contributed by atoms with Crippen LogP contribution in [-0.4, -0.2) is 77.4 Å². The van der Waals surface area contributed by atoms with Crippen molar-refractivity contribution in [3.05, 3.63) is 43.0 Å². The first-order chi connectivity index (χ1) is 20.8. The second-order valence-corrected chi connectivity index (χ2v) is 13.9. The minimum atomic E-state index is -6.02. The van der Waals surface area contributed by atoms with Crippen LogP contribution >= 0.6 is 23.5 Å². The molecule has 5 N–H and O–H groups in total. The maximum atomic E-state index is 12.0. The van der Waals surface area contributed by atoms with Gasteiger partial charge in [0.1, 0.15) is 6.23 Å². The maximum Gasteiger partial charge on any atom is 0.478 e. The van der Waals surface area contributed by atoms with Crippen molar-refractivity contribution in [1.82, 2.24) is 9.55 Å². The van der Waals surface area contributed by atoms with E-state index in [9.17, 15) is 38.0 Å². The lowest BCUT2D eigenvalue weighted by atomic mass is 10.1. The number of aromatic nitrogens is 2. The van der Waals surface area contributed by atoms with E-state index in [1.54, 1.807) is 9.80 Å². The molecule has 0 saturated carbocycles. The predicted molar refractivity (Wildman–Crippen MR) is 158 cm³/mol. The Morgan fingerprint density at radius 2 is 1.51 bits per heavy atom. The lowest BCUT2D eigenvalue weighted by molar-refractivity contribution is -0.894. The monoisotopic (exact) mass is 709 g/mol. The van der Waals surface area contributed by atoms with Gasteiger partial charge >= 0.3 is 13.5 Å². The number of phosphoric acid groups is 3. The van der Waals surface area contributed by atoms with Crippen LogP contribution in [-0.2, 0) is 31.6 Å². The molecule has 0 aliphatic carbocycles. The fourth-order valence-electron chi connectivity index (χ4n) is 3.98. The number of hydrogen-bond acceptors (Lipinski definition) is 12. The van der Waals surface area contributed by atoms with Crippen molar-refractivity contribution in [2.45, 2.75) is 73.3 Å². The fourth-order valence-corrected chi connectivity index (χ4v) is 6.92. The smallest absolute Gasteiger partial charge is 0.478 e. The van der Waals surface area contributed by atoms with Gasteiger partial charge in [0, 0.05) is 23.1 Å². The molecule has 0 spiro atoms. The van der Waals surface area contributed by atoms with E-state index in [1.165, 1.54) is 52.4 Å².